The average molecular weight is 234 g/mol. The molecule has 1 aliphatic rings. The lowest BCUT2D eigenvalue weighted by Gasteiger charge is -2.22. The Bertz CT molecular complexity index is 365. The van der Waals surface area contributed by atoms with E-state index in [4.69, 9.17) is 5.84 Å². The molecule has 0 radical (unpaired) electrons. The van der Waals surface area contributed by atoms with E-state index in [0.29, 0.717) is 12.0 Å². The number of hydrogen-bond acceptors (Lipinski definition) is 3. The molecule has 0 amide bonds. The maximum absolute atomic E-state index is 5.66. The van der Waals surface area contributed by atoms with Gasteiger partial charge in [-0.05, 0) is 24.5 Å². The molecular formula is C13H18N2S. The Hall–Kier alpha value is -0.770. The maximum atomic E-state index is 5.66. The highest BCUT2D eigenvalue weighted by atomic mass is 32.2. The Kier molecular flexibility index (Phi) is 4.04. The molecular weight excluding hydrogens is 216 g/mol. The van der Waals surface area contributed by atoms with Crippen molar-refractivity contribution in [1.29, 1.82) is 0 Å². The highest BCUT2D eigenvalue weighted by molar-refractivity contribution is 7.99. The number of thioether (sulfide) groups is 1. The van der Waals surface area contributed by atoms with Crippen LogP contribution in [0.25, 0.3) is 0 Å². The number of allylic oxidation sites excluding steroid dienone is 1. The van der Waals surface area contributed by atoms with E-state index in [2.05, 4.69) is 36.3 Å². The Morgan fingerprint density at radius 1 is 1.56 bits per heavy atom. The zero-order valence-corrected chi connectivity index (χ0v) is 10.2. The second kappa shape index (κ2) is 5.53. The van der Waals surface area contributed by atoms with Crippen molar-refractivity contribution in [2.45, 2.75) is 29.7 Å². The number of rotatable bonds is 5. The summed E-state index contributed by atoms with van der Waals surface area (Å²) in [4.78, 5) is 1.41. The van der Waals surface area contributed by atoms with Crippen molar-refractivity contribution in [3.05, 3.63) is 42.5 Å². The Balaban J connectivity index is 2.13. The second-order valence-corrected chi connectivity index (χ2v) is 5.16. The van der Waals surface area contributed by atoms with Gasteiger partial charge in [0.25, 0.3) is 0 Å². The molecule has 16 heavy (non-hydrogen) atoms. The van der Waals surface area contributed by atoms with Crippen molar-refractivity contribution in [2.24, 2.45) is 5.84 Å². The van der Waals surface area contributed by atoms with Gasteiger partial charge in [0.05, 0.1) is 0 Å². The second-order valence-electron chi connectivity index (χ2n) is 4.09. The van der Waals surface area contributed by atoms with Gasteiger partial charge in [-0.1, -0.05) is 24.3 Å². The molecule has 86 valence electrons. The maximum Gasteiger partial charge on any atom is 0.0290 e. The van der Waals surface area contributed by atoms with E-state index in [1.807, 2.05) is 17.8 Å². The SMILES string of the molecule is C=CCCC(NN)C1CSc2ccccc21. The smallest absolute Gasteiger partial charge is 0.0290 e. The molecule has 1 aromatic carbocycles. The van der Waals surface area contributed by atoms with Crippen molar-refractivity contribution in [1.82, 2.24) is 5.43 Å². The molecule has 0 saturated carbocycles. The van der Waals surface area contributed by atoms with E-state index < -0.39 is 0 Å². The predicted molar refractivity (Wildman–Crippen MR) is 70.4 cm³/mol. The Labute approximate surface area is 101 Å². The van der Waals surface area contributed by atoms with Crippen LogP contribution in [0.1, 0.15) is 24.3 Å². The molecule has 0 saturated heterocycles. The summed E-state index contributed by atoms with van der Waals surface area (Å²) in [5.74, 6) is 7.32. The summed E-state index contributed by atoms with van der Waals surface area (Å²) in [7, 11) is 0. The van der Waals surface area contributed by atoms with E-state index in [9.17, 15) is 0 Å². The molecule has 0 fully saturated rings. The molecule has 0 spiro atoms. The number of fused-ring (bicyclic) bond motifs is 1. The fraction of sp³-hybridized carbons (Fsp3) is 0.385. The third-order valence-corrected chi connectivity index (χ3v) is 4.33. The number of nitrogens with two attached hydrogens (primary N) is 1. The highest BCUT2D eigenvalue weighted by Gasteiger charge is 2.28. The summed E-state index contributed by atoms with van der Waals surface area (Å²) >= 11 is 1.93. The van der Waals surface area contributed by atoms with Crippen LogP contribution < -0.4 is 11.3 Å². The Morgan fingerprint density at radius 3 is 3.12 bits per heavy atom. The molecule has 2 rings (SSSR count). The molecule has 0 aliphatic carbocycles. The van der Waals surface area contributed by atoms with Gasteiger partial charge in [-0.2, -0.15) is 0 Å². The van der Waals surface area contributed by atoms with Gasteiger partial charge in [0.2, 0.25) is 0 Å². The molecule has 1 aromatic rings. The van der Waals surface area contributed by atoms with Crippen molar-refractivity contribution >= 4 is 11.8 Å². The van der Waals surface area contributed by atoms with E-state index in [0.717, 1.165) is 18.6 Å². The third kappa shape index (κ3) is 2.32. The molecule has 3 N–H and O–H groups in total. The van der Waals surface area contributed by atoms with Crippen molar-refractivity contribution in [3.8, 4) is 0 Å². The molecule has 0 bridgehead atoms. The number of hydrogen-bond donors (Lipinski definition) is 2. The van der Waals surface area contributed by atoms with E-state index in [-0.39, 0.29) is 0 Å². The van der Waals surface area contributed by atoms with Gasteiger partial charge in [-0.15, -0.1) is 18.3 Å². The van der Waals surface area contributed by atoms with Crippen LogP contribution in [-0.2, 0) is 0 Å². The van der Waals surface area contributed by atoms with Crippen LogP contribution in [0.2, 0.25) is 0 Å². The minimum Gasteiger partial charge on any atom is -0.271 e. The lowest BCUT2D eigenvalue weighted by molar-refractivity contribution is 0.441. The summed E-state index contributed by atoms with van der Waals surface area (Å²) < 4.78 is 0. The largest absolute Gasteiger partial charge is 0.271 e. The molecule has 2 unspecified atom stereocenters. The number of hydrazine groups is 1. The van der Waals surface area contributed by atoms with Gasteiger partial charge in [-0.3, -0.25) is 11.3 Å². The van der Waals surface area contributed by atoms with E-state index in [1.54, 1.807) is 0 Å². The van der Waals surface area contributed by atoms with E-state index >= 15 is 0 Å². The first-order valence-corrected chi connectivity index (χ1v) is 6.64. The zero-order valence-electron chi connectivity index (χ0n) is 9.36. The standard InChI is InChI=1S/C13H18N2S/c1-2-3-7-12(15-14)11-9-16-13-8-5-4-6-10(11)13/h2,4-6,8,11-12,15H,1,3,7,9,14H2. The summed E-state index contributed by atoms with van der Waals surface area (Å²) in [5.41, 5.74) is 4.40. The first-order valence-electron chi connectivity index (χ1n) is 5.65. The van der Waals surface area contributed by atoms with Crippen LogP contribution in [0.4, 0.5) is 0 Å². The monoisotopic (exact) mass is 234 g/mol. The number of nitrogens with one attached hydrogen (secondary N) is 1. The molecule has 0 aromatic heterocycles. The van der Waals surface area contributed by atoms with Gasteiger partial charge in [0, 0.05) is 22.6 Å². The average Bonchev–Trinajstić information content (AvgIpc) is 2.75. The van der Waals surface area contributed by atoms with Crippen LogP contribution in [0.5, 0.6) is 0 Å². The summed E-state index contributed by atoms with van der Waals surface area (Å²) in [6.45, 7) is 3.76. The number of benzene rings is 1. The predicted octanol–water partition coefficient (Wildman–Crippen LogP) is 2.67. The van der Waals surface area contributed by atoms with Crippen LogP contribution in [-0.4, -0.2) is 11.8 Å². The molecule has 1 heterocycles. The van der Waals surface area contributed by atoms with Crippen LogP contribution in [0.3, 0.4) is 0 Å². The van der Waals surface area contributed by atoms with Gasteiger partial charge in [-0.25, -0.2) is 0 Å². The fourth-order valence-corrected chi connectivity index (χ4v) is 3.55. The lowest BCUT2D eigenvalue weighted by Crippen LogP contribution is -2.39. The van der Waals surface area contributed by atoms with Crippen LogP contribution >= 0.6 is 11.8 Å². The molecule has 3 heteroatoms. The highest BCUT2D eigenvalue weighted by Crippen LogP contribution is 2.41. The quantitative estimate of drug-likeness (QED) is 0.467. The first kappa shape index (κ1) is 11.7. The summed E-state index contributed by atoms with van der Waals surface area (Å²) in [5, 5.41) is 0. The lowest BCUT2D eigenvalue weighted by atomic mass is 9.91. The van der Waals surface area contributed by atoms with Gasteiger partial charge in [0.1, 0.15) is 0 Å². The van der Waals surface area contributed by atoms with Crippen LogP contribution in [0, 0.1) is 0 Å². The van der Waals surface area contributed by atoms with Gasteiger partial charge < -0.3 is 0 Å². The van der Waals surface area contributed by atoms with Crippen molar-refractivity contribution < 1.29 is 0 Å². The third-order valence-electron chi connectivity index (χ3n) is 3.12. The summed E-state index contributed by atoms with van der Waals surface area (Å²) in [6.07, 6.45) is 4.02. The zero-order chi connectivity index (χ0) is 11.4. The molecule has 1 aliphatic heterocycles. The summed E-state index contributed by atoms with van der Waals surface area (Å²) in [6, 6.07) is 8.98. The van der Waals surface area contributed by atoms with Gasteiger partial charge in [0.15, 0.2) is 0 Å². The van der Waals surface area contributed by atoms with Crippen LogP contribution in [0.15, 0.2) is 41.8 Å². The Morgan fingerprint density at radius 2 is 2.38 bits per heavy atom. The fourth-order valence-electron chi connectivity index (χ4n) is 2.22. The minimum absolute atomic E-state index is 0.356. The molecule has 2 atom stereocenters. The topological polar surface area (TPSA) is 38.0 Å². The van der Waals surface area contributed by atoms with Gasteiger partial charge >= 0.3 is 0 Å². The molecule has 2 nitrogen and oxygen atoms in total. The normalized spacial score (nSPS) is 20.4. The first-order chi connectivity index (χ1) is 7.86. The van der Waals surface area contributed by atoms with Crippen molar-refractivity contribution in [2.75, 3.05) is 5.75 Å². The van der Waals surface area contributed by atoms with Crippen molar-refractivity contribution in [3.63, 3.8) is 0 Å². The minimum atomic E-state index is 0.356. The van der Waals surface area contributed by atoms with E-state index in [1.165, 1.54) is 10.5 Å².